The third kappa shape index (κ3) is 5.01. The topological polar surface area (TPSA) is 60.5 Å². The summed E-state index contributed by atoms with van der Waals surface area (Å²) in [5, 5.41) is 3.79. The van der Waals surface area contributed by atoms with Crippen molar-refractivity contribution in [2.75, 3.05) is 6.61 Å². The van der Waals surface area contributed by atoms with Crippen molar-refractivity contribution in [3.05, 3.63) is 102 Å². The van der Waals surface area contributed by atoms with Gasteiger partial charge < -0.3 is 14.8 Å². The number of aromatic nitrogens is 1. The van der Waals surface area contributed by atoms with E-state index in [2.05, 4.69) is 10.3 Å². The molecule has 1 amide bonds. The van der Waals surface area contributed by atoms with Crippen molar-refractivity contribution in [2.45, 2.75) is 20.1 Å². The largest absolute Gasteiger partial charge is 0.494 e. The average molecular weight is 412 g/mol. The molecule has 1 aromatic heterocycles. The minimum atomic E-state index is -0.186. The lowest BCUT2D eigenvalue weighted by Gasteiger charge is -2.13. The Morgan fingerprint density at radius 1 is 0.903 bits per heavy atom. The molecule has 0 aliphatic rings. The van der Waals surface area contributed by atoms with Crippen molar-refractivity contribution < 1.29 is 14.3 Å². The van der Waals surface area contributed by atoms with Crippen LogP contribution >= 0.6 is 0 Å². The van der Waals surface area contributed by atoms with Gasteiger partial charge in [0.1, 0.15) is 12.4 Å². The number of para-hydroxylation sites is 2. The molecule has 0 bridgehead atoms. The highest BCUT2D eigenvalue weighted by atomic mass is 16.5. The summed E-state index contributed by atoms with van der Waals surface area (Å²) in [4.78, 5) is 17.7. The molecule has 0 aliphatic heterocycles. The number of pyridine rings is 1. The van der Waals surface area contributed by atoms with Crippen molar-refractivity contribution in [3.8, 4) is 11.6 Å². The van der Waals surface area contributed by atoms with Crippen LogP contribution in [-0.4, -0.2) is 17.5 Å². The van der Waals surface area contributed by atoms with Gasteiger partial charge in [-0.1, -0.05) is 66.7 Å². The first kappa shape index (κ1) is 20.4. The first-order chi connectivity index (χ1) is 15.2. The van der Waals surface area contributed by atoms with Gasteiger partial charge in [0.05, 0.1) is 17.7 Å². The van der Waals surface area contributed by atoms with E-state index < -0.39 is 0 Å². The fourth-order valence-corrected chi connectivity index (χ4v) is 3.36. The molecule has 0 radical (unpaired) electrons. The number of fused-ring (bicyclic) bond motifs is 1. The van der Waals surface area contributed by atoms with Gasteiger partial charge in [-0.3, -0.25) is 4.79 Å². The van der Waals surface area contributed by atoms with Crippen LogP contribution in [-0.2, 0) is 13.2 Å². The summed E-state index contributed by atoms with van der Waals surface area (Å²) in [5.41, 5.74) is 3.21. The number of hydrogen-bond acceptors (Lipinski definition) is 4. The van der Waals surface area contributed by atoms with Gasteiger partial charge in [-0.25, -0.2) is 4.98 Å². The molecule has 0 unspecified atom stereocenters. The Labute approximate surface area is 181 Å². The highest BCUT2D eigenvalue weighted by Crippen LogP contribution is 2.23. The van der Waals surface area contributed by atoms with Crippen LogP contribution in [0.1, 0.15) is 28.4 Å². The first-order valence-electron chi connectivity index (χ1n) is 10.3. The Hall–Kier alpha value is -3.86. The van der Waals surface area contributed by atoms with E-state index in [0.29, 0.717) is 36.7 Å². The number of nitrogens with one attached hydrogen (secondary N) is 1. The van der Waals surface area contributed by atoms with Crippen LogP contribution in [0.3, 0.4) is 0 Å². The van der Waals surface area contributed by atoms with E-state index in [9.17, 15) is 4.79 Å². The van der Waals surface area contributed by atoms with Crippen LogP contribution in [0.15, 0.2) is 84.9 Å². The minimum Gasteiger partial charge on any atom is -0.494 e. The molecule has 0 fully saturated rings. The minimum absolute atomic E-state index is 0.186. The summed E-state index contributed by atoms with van der Waals surface area (Å²) < 4.78 is 11.6. The van der Waals surface area contributed by atoms with Gasteiger partial charge in [0, 0.05) is 23.6 Å². The van der Waals surface area contributed by atoms with Crippen molar-refractivity contribution in [3.63, 3.8) is 0 Å². The smallest absolute Gasteiger partial charge is 0.252 e. The molecule has 5 heteroatoms. The third-order valence-electron chi connectivity index (χ3n) is 4.88. The number of rotatable bonds is 8. The van der Waals surface area contributed by atoms with E-state index in [0.717, 1.165) is 22.3 Å². The Bertz CT molecular complexity index is 1180. The molecule has 31 heavy (non-hydrogen) atoms. The van der Waals surface area contributed by atoms with Crippen LogP contribution in [0.5, 0.6) is 11.6 Å². The maximum atomic E-state index is 13.1. The number of benzene rings is 3. The summed E-state index contributed by atoms with van der Waals surface area (Å²) in [6.45, 7) is 3.26. The van der Waals surface area contributed by atoms with Gasteiger partial charge in [0.25, 0.3) is 5.91 Å². The van der Waals surface area contributed by atoms with E-state index in [1.807, 2.05) is 85.8 Å². The number of carbonyl (C=O) groups excluding carboxylic acids is 1. The SMILES string of the molecule is CCOc1ccccc1CNC(=O)c1cc(OCc2ccccc2)nc2ccccc12. The molecular formula is C26H24N2O3. The molecule has 1 heterocycles. The fraction of sp³-hybridized carbons (Fsp3) is 0.154. The second kappa shape index (κ2) is 9.76. The lowest BCUT2D eigenvalue weighted by Crippen LogP contribution is -2.23. The quantitative estimate of drug-likeness (QED) is 0.435. The molecule has 1 N–H and O–H groups in total. The van der Waals surface area contributed by atoms with Crippen LogP contribution < -0.4 is 14.8 Å². The standard InChI is InChI=1S/C26H24N2O3/c1-2-30-24-15-9-6-12-20(24)17-27-26(29)22-16-25(28-23-14-8-7-13-21(22)23)31-18-19-10-4-3-5-11-19/h3-16H,2,17-18H2,1H3,(H,27,29). The Kier molecular flexibility index (Phi) is 6.43. The van der Waals surface area contributed by atoms with Gasteiger partial charge in [0.2, 0.25) is 5.88 Å². The lowest BCUT2D eigenvalue weighted by atomic mass is 10.1. The number of hydrogen-bond donors (Lipinski definition) is 1. The normalized spacial score (nSPS) is 10.6. The summed E-state index contributed by atoms with van der Waals surface area (Å²) >= 11 is 0. The zero-order valence-corrected chi connectivity index (χ0v) is 17.4. The first-order valence-corrected chi connectivity index (χ1v) is 10.3. The monoisotopic (exact) mass is 412 g/mol. The molecule has 3 aromatic carbocycles. The molecule has 4 rings (SSSR count). The maximum absolute atomic E-state index is 13.1. The molecule has 156 valence electrons. The van der Waals surface area contributed by atoms with Gasteiger partial charge >= 0.3 is 0 Å². The van der Waals surface area contributed by atoms with E-state index in [1.165, 1.54) is 0 Å². The van der Waals surface area contributed by atoms with Crippen LogP contribution in [0.4, 0.5) is 0 Å². The van der Waals surface area contributed by atoms with E-state index >= 15 is 0 Å². The average Bonchev–Trinajstić information content (AvgIpc) is 2.82. The van der Waals surface area contributed by atoms with Crippen molar-refractivity contribution >= 4 is 16.8 Å². The van der Waals surface area contributed by atoms with Crippen LogP contribution in [0.25, 0.3) is 10.9 Å². The molecule has 5 nitrogen and oxygen atoms in total. The second-order valence-corrected chi connectivity index (χ2v) is 7.02. The van der Waals surface area contributed by atoms with Gasteiger partial charge in [-0.15, -0.1) is 0 Å². The zero-order valence-electron chi connectivity index (χ0n) is 17.4. The Morgan fingerprint density at radius 3 is 2.48 bits per heavy atom. The maximum Gasteiger partial charge on any atom is 0.252 e. The van der Waals surface area contributed by atoms with Crippen LogP contribution in [0.2, 0.25) is 0 Å². The fourth-order valence-electron chi connectivity index (χ4n) is 3.36. The summed E-state index contributed by atoms with van der Waals surface area (Å²) in [5.74, 6) is 1.01. The van der Waals surface area contributed by atoms with Gasteiger partial charge in [-0.05, 0) is 24.6 Å². The van der Waals surface area contributed by atoms with E-state index in [-0.39, 0.29) is 5.91 Å². The summed E-state index contributed by atoms with van der Waals surface area (Å²) in [7, 11) is 0. The predicted molar refractivity (Wildman–Crippen MR) is 121 cm³/mol. The number of nitrogens with zero attached hydrogens (tertiary/aromatic N) is 1. The van der Waals surface area contributed by atoms with E-state index in [1.54, 1.807) is 6.07 Å². The van der Waals surface area contributed by atoms with Gasteiger partial charge in [-0.2, -0.15) is 0 Å². The molecule has 0 atom stereocenters. The molecule has 4 aromatic rings. The molecule has 0 aliphatic carbocycles. The number of ether oxygens (including phenoxy) is 2. The zero-order chi connectivity index (χ0) is 21.5. The van der Waals surface area contributed by atoms with Crippen molar-refractivity contribution in [1.29, 1.82) is 0 Å². The molecule has 0 saturated heterocycles. The predicted octanol–water partition coefficient (Wildman–Crippen LogP) is 5.14. The molecule has 0 spiro atoms. The third-order valence-corrected chi connectivity index (χ3v) is 4.88. The highest BCUT2D eigenvalue weighted by Gasteiger charge is 2.14. The van der Waals surface area contributed by atoms with Crippen LogP contribution in [0, 0.1) is 0 Å². The van der Waals surface area contributed by atoms with Gasteiger partial charge in [0.15, 0.2) is 0 Å². The summed E-state index contributed by atoms with van der Waals surface area (Å²) in [6, 6.07) is 26.9. The van der Waals surface area contributed by atoms with Crippen molar-refractivity contribution in [1.82, 2.24) is 10.3 Å². The highest BCUT2D eigenvalue weighted by molar-refractivity contribution is 6.06. The van der Waals surface area contributed by atoms with E-state index in [4.69, 9.17) is 9.47 Å². The Balaban J connectivity index is 1.56. The Morgan fingerprint density at radius 2 is 1.65 bits per heavy atom. The number of carbonyl (C=O) groups is 1. The number of amides is 1. The second-order valence-electron chi connectivity index (χ2n) is 7.02. The summed E-state index contributed by atoms with van der Waals surface area (Å²) in [6.07, 6.45) is 0. The lowest BCUT2D eigenvalue weighted by molar-refractivity contribution is 0.0951. The van der Waals surface area contributed by atoms with Crippen molar-refractivity contribution in [2.24, 2.45) is 0 Å². The molecule has 0 saturated carbocycles. The molecular weight excluding hydrogens is 388 g/mol.